The average molecular weight is 532 g/mol. The van der Waals surface area contributed by atoms with Crippen molar-refractivity contribution >= 4 is 21.7 Å². The number of benzene rings is 2. The van der Waals surface area contributed by atoms with Crippen LogP contribution in [0.15, 0.2) is 47.4 Å². The molecule has 0 unspecified atom stereocenters. The molecule has 1 heterocycles. The van der Waals surface area contributed by atoms with Gasteiger partial charge in [-0.2, -0.15) is 4.31 Å². The number of nitrogens with zero attached hydrogens (tertiary/aromatic N) is 2. The quantitative estimate of drug-likeness (QED) is 0.551. The van der Waals surface area contributed by atoms with E-state index in [4.69, 9.17) is 4.74 Å². The Morgan fingerprint density at radius 1 is 1.32 bits per heavy atom. The van der Waals surface area contributed by atoms with Crippen LogP contribution in [0.1, 0.15) is 39.2 Å². The monoisotopic (exact) mass is 531 g/mol. The number of halogens is 1. The van der Waals surface area contributed by atoms with Crippen molar-refractivity contribution in [3.05, 3.63) is 53.8 Å². The van der Waals surface area contributed by atoms with Crippen LogP contribution in [0.2, 0.25) is 0 Å². The van der Waals surface area contributed by atoms with E-state index in [0.717, 1.165) is 6.42 Å². The van der Waals surface area contributed by atoms with Gasteiger partial charge in [-0.25, -0.2) is 17.6 Å². The third kappa shape index (κ3) is 6.80. The van der Waals surface area contributed by atoms with Gasteiger partial charge >= 0.3 is 6.03 Å². The first kappa shape index (κ1) is 28.4. The number of carbonyl (C=O) groups is 1. The Bertz CT molecular complexity index is 1270. The van der Waals surface area contributed by atoms with Crippen LogP contribution in [0, 0.1) is 23.6 Å². The Morgan fingerprint density at radius 2 is 2.05 bits per heavy atom. The highest BCUT2D eigenvalue weighted by Crippen LogP contribution is 2.34. The molecular formula is C27H34FN3O5S. The largest absolute Gasteiger partial charge is 0.487 e. The summed E-state index contributed by atoms with van der Waals surface area (Å²) in [5, 5.41) is 12.3. The van der Waals surface area contributed by atoms with Crippen LogP contribution in [-0.2, 0) is 10.0 Å². The van der Waals surface area contributed by atoms with E-state index < -0.39 is 34.0 Å². The molecule has 0 bridgehead atoms. The van der Waals surface area contributed by atoms with Crippen LogP contribution in [-0.4, -0.2) is 67.7 Å². The van der Waals surface area contributed by atoms with E-state index in [1.807, 2.05) is 13.8 Å². The number of ether oxygens (including phenoxy) is 1. The van der Waals surface area contributed by atoms with Gasteiger partial charge in [0, 0.05) is 37.5 Å². The zero-order valence-corrected chi connectivity index (χ0v) is 22.4. The number of fused-ring (bicyclic) bond motifs is 1. The lowest BCUT2D eigenvalue weighted by molar-refractivity contribution is 0.0830. The van der Waals surface area contributed by atoms with Crippen molar-refractivity contribution in [2.45, 2.75) is 50.7 Å². The summed E-state index contributed by atoms with van der Waals surface area (Å²) in [6, 6.07) is 9.38. The molecule has 0 spiro atoms. The molecule has 2 aromatic rings. The van der Waals surface area contributed by atoms with Crippen LogP contribution in [0.3, 0.4) is 0 Å². The number of para-hydroxylation sites is 1. The number of urea groups is 1. The van der Waals surface area contributed by atoms with E-state index >= 15 is 0 Å². The third-order valence-corrected chi connectivity index (χ3v) is 8.21. The molecular weight excluding hydrogens is 497 g/mol. The summed E-state index contributed by atoms with van der Waals surface area (Å²) >= 11 is 0. The molecule has 1 aliphatic heterocycles. The number of anilines is 1. The first-order chi connectivity index (χ1) is 17.6. The smallest absolute Gasteiger partial charge is 0.321 e. The molecule has 0 fully saturated rings. The summed E-state index contributed by atoms with van der Waals surface area (Å²) in [4.78, 5) is 14.1. The molecule has 0 saturated heterocycles. The SMILES string of the molecule is CCCC#Cc1ccc2c(c1)O[C@@H](CN(C)C(=O)Nc1ccccc1F)[C@@H](C)CN([C@H](C)CO)S2(=O)=O. The number of amides is 2. The van der Waals surface area contributed by atoms with Gasteiger partial charge in [-0.1, -0.05) is 37.8 Å². The van der Waals surface area contributed by atoms with Crippen LogP contribution in [0.5, 0.6) is 5.75 Å². The molecule has 2 amide bonds. The zero-order chi connectivity index (χ0) is 27.2. The number of aliphatic hydroxyl groups is 1. The summed E-state index contributed by atoms with van der Waals surface area (Å²) in [7, 11) is -2.42. The van der Waals surface area contributed by atoms with Gasteiger partial charge in [0.1, 0.15) is 22.6 Å². The Kier molecular flexibility index (Phi) is 9.54. The van der Waals surface area contributed by atoms with Crippen molar-refractivity contribution in [3.63, 3.8) is 0 Å². The lowest BCUT2D eigenvalue weighted by atomic mass is 10.0. The van der Waals surface area contributed by atoms with Crippen LogP contribution in [0.4, 0.5) is 14.9 Å². The second kappa shape index (κ2) is 12.4. The summed E-state index contributed by atoms with van der Waals surface area (Å²) < 4.78 is 48.7. The van der Waals surface area contributed by atoms with Crippen molar-refractivity contribution in [1.29, 1.82) is 0 Å². The molecule has 2 N–H and O–H groups in total. The van der Waals surface area contributed by atoms with Gasteiger partial charge in [-0.15, -0.1) is 0 Å². The van der Waals surface area contributed by atoms with Gasteiger partial charge in [0.2, 0.25) is 10.0 Å². The number of carbonyl (C=O) groups excluding carboxylic acids is 1. The minimum Gasteiger partial charge on any atom is -0.487 e. The highest BCUT2D eigenvalue weighted by molar-refractivity contribution is 7.89. The van der Waals surface area contributed by atoms with Gasteiger partial charge < -0.3 is 20.1 Å². The molecule has 37 heavy (non-hydrogen) atoms. The highest BCUT2D eigenvalue weighted by atomic mass is 32.2. The van der Waals surface area contributed by atoms with Crippen molar-refractivity contribution < 1.29 is 27.4 Å². The molecule has 3 atom stereocenters. The third-order valence-electron chi connectivity index (χ3n) is 6.19. The first-order valence-electron chi connectivity index (χ1n) is 12.3. The second-order valence-corrected chi connectivity index (χ2v) is 11.1. The molecule has 0 aromatic heterocycles. The molecule has 0 aliphatic carbocycles. The first-order valence-corrected chi connectivity index (χ1v) is 13.7. The lowest BCUT2D eigenvalue weighted by Gasteiger charge is -2.37. The fourth-order valence-electron chi connectivity index (χ4n) is 3.94. The minimum atomic E-state index is -3.98. The van der Waals surface area contributed by atoms with E-state index in [0.29, 0.717) is 12.0 Å². The molecule has 2 aromatic carbocycles. The number of likely N-dealkylation sites (N-methyl/N-ethyl adjacent to an activating group) is 1. The number of unbranched alkanes of at least 4 members (excludes halogenated alkanes) is 1. The van der Waals surface area contributed by atoms with E-state index in [1.54, 1.807) is 32.2 Å². The van der Waals surface area contributed by atoms with Crippen LogP contribution < -0.4 is 10.1 Å². The van der Waals surface area contributed by atoms with E-state index in [-0.39, 0.29) is 41.9 Å². The van der Waals surface area contributed by atoms with Crippen molar-refractivity contribution in [2.24, 2.45) is 5.92 Å². The maximum absolute atomic E-state index is 14.0. The van der Waals surface area contributed by atoms with Crippen molar-refractivity contribution in [2.75, 3.05) is 32.1 Å². The predicted molar refractivity (Wildman–Crippen MR) is 140 cm³/mol. The Balaban J connectivity index is 1.95. The van der Waals surface area contributed by atoms with E-state index in [9.17, 15) is 22.7 Å². The molecule has 0 radical (unpaired) electrons. The summed E-state index contributed by atoms with van der Waals surface area (Å²) in [5.41, 5.74) is 0.669. The highest BCUT2D eigenvalue weighted by Gasteiger charge is 2.38. The minimum absolute atomic E-state index is 0.0239. The van der Waals surface area contributed by atoms with Gasteiger partial charge in [-0.3, -0.25) is 0 Å². The number of hydrogen-bond acceptors (Lipinski definition) is 5. The molecule has 8 nitrogen and oxygen atoms in total. The van der Waals surface area contributed by atoms with Gasteiger partial charge in [0.15, 0.2) is 0 Å². The number of nitrogens with one attached hydrogen (secondary N) is 1. The standard InChI is InChI=1S/C27H34FN3O5S/c1-5-6-7-10-21-13-14-26-24(15-21)36-25(19(2)16-31(20(3)18-32)37(26,34)35)17-30(4)27(33)29-23-12-9-8-11-22(23)28/h8-9,11-15,19-20,25,32H,5-6,16-18H2,1-4H3,(H,29,33)/t19-,20+,25-/m0/s1. The lowest BCUT2D eigenvalue weighted by Crippen LogP contribution is -2.50. The normalized spacial score (nSPS) is 19.7. The summed E-state index contributed by atoms with van der Waals surface area (Å²) in [6.45, 7) is 5.32. The second-order valence-electron chi connectivity index (χ2n) is 9.24. The van der Waals surface area contributed by atoms with E-state index in [2.05, 4.69) is 17.2 Å². The fourth-order valence-corrected chi connectivity index (χ4v) is 5.76. The number of hydrogen-bond donors (Lipinski definition) is 2. The molecule has 1 aliphatic rings. The Hall–Kier alpha value is -3.13. The maximum Gasteiger partial charge on any atom is 0.321 e. The fraction of sp³-hybridized carbons (Fsp3) is 0.444. The predicted octanol–water partition coefficient (Wildman–Crippen LogP) is 3.91. The van der Waals surface area contributed by atoms with E-state index in [1.165, 1.54) is 33.5 Å². The summed E-state index contributed by atoms with van der Waals surface area (Å²) in [6.07, 6.45) is 1.01. The van der Waals surface area contributed by atoms with Gasteiger partial charge in [0.25, 0.3) is 0 Å². The van der Waals surface area contributed by atoms with Gasteiger partial charge in [0.05, 0.1) is 18.8 Å². The molecule has 3 rings (SSSR count). The van der Waals surface area contributed by atoms with Crippen LogP contribution >= 0.6 is 0 Å². The summed E-state index contributed by atoms with van der Waals surface area (Å²) in [5.74, 6) is 5.31. The topological polar surface area (TPSA) is 99.2 Å². The average Bonchev–Trinajstić information content (AvgIpc) is 2.87. The van der Waals surface area contributed by atoms with Gasteiger partial charge in [-0.05, 0) is 43.7 Å². The maximum atomic E-state index is 14.0. The molecule has 10 heteroatoms. The van der Waals surface area contributed by atoms with Crippen molar-refractivity contribution in [3.8, 4) is 17.6 Å². The van der Waals surface area contributed by atoms with Crippen molar-refractivity contribution in [1.82, 2.24) is 9.21 Å². The number of sulfonamides is 1. The van der Waals surface area contributed by atoms with Crippen LogP contribution in [0.25, 0.3) is 0 Å². The zero-order valence-electron chi connectivity index (χ0n) is 21.6. The number of aliphatic hydroxyl groups excluding tert-OH is 1. The Labute approximate surface area is 218 Å². The molecule has 0 saturated carbocycles. The Morgan fingerprint density at radius 3 is 2.73 bits per heavy atom. The number of rotatable bonds is 6. The molecule has 200 valence electrons.